The van der Waals surface area contributed by atoms with Gasteiger partial charge < -0.3 is 20.3 Å². The van der Waals surface area contributed by atoms with Gasteiger partial charge in [0.15, 0.2) is 5.11 Å². The number of hydrogen-bond donors (Lipinski definition) is 2. The van der Waals surface area contributed by atoms with Gasteiger partial charge in [0.05, 0.1) is 6.04 Å². The molecule has 0 fully saturated rings. The Hall–Kier alpha value is -2.32. The van der Waals surface area contributed by atoms with Crippen molar-refractivity contribution in [3.63, 3.8) is 0 Å². The van der Waals surface area contributed by atoms with E-state index in [9.17, 15) is 13.2 Å². The predicted octanol–water partition coefficient (Wildman–Crippen LogP) is 4.17. The van der Waals surface area contributed by atoms with E-state index in [1.165, 1.54) is 24.3 Å². The zero-order chi connectivity index (χ0) is 19.2. The summed E-state index contributed by atoms with van der Waals surface area (Å²) in [6.45, 7) is 0.581. The molecule has 140 valence electrons. The fourth-order valence-electron chi connectivity index (χ4n) is 2.38. The zero-order valence-electron chi connectivity index (χ0n) is 14.4. The van der Waals surface area contributed by atoms with E-state index in [1.54, 1.807) is 0 Å². The van der Waals surface area contributed by atoms with Crippen LogP contribution in [0.3, 0.4) is 0 Å². The average molecular weight is 383 g/mol. The molecule has 1 atom stereocenters. The first kappa shape index (κ1) is 20.0. The maximum atomic E-state index is 12.2. The van der Waals surface area contributed by atoms with E-state index in [0.717, 1.165) is 5.56 Å². The second kappa shape index (κ2) is 8.86. The summed E-state index contributed by atoms with van der Waals surface area (Å²) in [6.07, 6.45) is -4.70. The Morgan fingerprint density at radius 3 is 2.23 bits per heavy atom. The lowest BCUT2D eigenvalue weighted by Gasteiger charge is -2.25. The first-order valence-electron chi connectivity index (χ1n) is 7.86. The van der Waals surface area contributed by atoms with Crippen molar-refractivity contribution in [2.24, 2.45) is 0 Å². The van der Waals surface area contributed by atoms with Gasteiger partial charge >= 0.3 is 6.36 Å². The summed E-state index contributed by atoms with van der Waals surface area (Å²) in [5.41, 5.74) is 1.72. The Kier molecular flexibility index (Phi) is 6.82. The van der Waals surface area contributed by atoms with Gasteiger partial charge in [-0.05, 0) is 56.1 Å². The standard InChI is InChI=1S/C18H20F3N3OS/c1-24(2)16(13-6-4-3-5-7-13)12-22-17(26)23-14-8-10-15(11-9-14)25-18(19,20)21/h3-11,16H,12H2,1-2H3,(H2,22,23,26)/t16-/m1/s1. The van der Waals surface area contributed by atoms with Gasteiger partial charge in [-0.1, -0.05) is 30.3 Å². The number of halogens is 3. The van der Waals surface area contributed by atoms with Crippen LogP contribution in [0.5, 0.6) is 5.75 Å². The molecule has 0 saturated carbocycles. The molecule has 4 nitrogen and oxygen atoms in total. The van der Waals surface area contributed by atoms with Gasteiger partial charge in [0, 0.05) is 12.2 Å². The lowest BCUT2D eigenvalue weighted by Crippen LogP contribution is -2.36. The first-order chi connectivity index (χ1) is 12.2. The molecule has 2 aromatic carbocycles. The Bertz CT molecular complexity index is 706. The molecule has 0 radical (unpaired) electrons. The van der Waals surface area contributed by atoms with E-state index in [0.29, 0.717) is 17.3 Å². The number of anilines is 1. The van der Waals surface area contributed by atoms with Crippen LogP contribution in [-0.2, 0) is 0 Å². The highest BCUT2D eigenvalue weighted by Crippen LogP contribution is 2.24. The van der Waals surface area contributed by atoms with Crippen LogP contribution in [0.4, 0.5) is 18.9 Å². The summed E-state index contributed by atoms with van der Waals surface area (Å²) in [5.74, 6) is -0.279. The van der Waals surface area contributed by atoms with Crippen LogP contribution in [0.2, 0.25) is 0 Å². The first-order valence-corrected chi connectivity index (χ1v) is 8.27. The molecule has 0 aliphatic heterocycles. The van der Waals surface area contributed by atoms with Crippen molar-refractivity contribution in [3.8, 4) is 5.75 Å². The molecule has 26 heavy (non-hydrogen) atoms. The number of nitrogens with one attached hydrogen (secondary N) is 2. The second-order valence-electron chi connectivity index (χ2n) is 5.80. The van der Waals surface area contributed by atoms with E-state index >= 15 is 0 Å². The molecular weight excluding hydrogens is 363 g/mol. The van der Waals surface area contributed by atoms with Gasteiger partial charge in [0.25, 0.3) is 0 Å². The summed E-state index contributed by atoms with van der Waals surface area (Å²) < 4.78 is 40.3. The van der Waals surface area contributed by atoms with Crippen molar-refractivity contribution < 1.29 is 17.9 Å². The molecule has 0 aromatic heterocycles. The summed E-state index contributed by atoms with van der Waals surface area (Å²) in [4.78, 5) is 2.08. The summed E-state index contributed by atoms with van der Waals surface area (Å²) in [7, 11) is 3.96. The number of rotatable bonds is 6. The molecule has 8 heteroatoms. The fraction of sp³-hybridized carbons (Fsp3) is 0.278. The van der Waals surface area contributed by atoms with Gasteiger partial charge in [-0.3, -0.25) is 0 Å². The number of ether oxygens (including phenoxy) is 1. The molecule has 2 rings (SSSR count). The molecule has 0 spiro atoms. The number of alkyl halides is 3. The van der Waals surface area contributed by atoms with Crippen molar-refractivity contribution in [3.05, 3.63) is 60.2 Å². The van der Waals surface area contributed by atoms with Gasteiger partial charge in [-0.2, -0.15) is 0 Å². The lowest BCUT2D eigenvalue weighted by molar-refractivity contribution is -0.274. The molecule has 2 aromatic rings. The molecule has 0 aliphatic carbocycles. The third kappa shape index (κ3) is 6.53. The Morgan fingerprint density at radius 1 is 1.08 bits per heavy atom. The Morgan fingerprint density at radius 2 is 1.69 bits per heavy atom. The normalized spacial score (nSPS) is 12.5. The summed E-state index contributed by atoms with van der Waals surface area (Å²) in [6, 6.07) is 15.5. The van der Waals surface area contributed by atoms with Crippen molar-refractivity contribution >= 4 is 23.0 Å². The molecule has 0 heterocycles. The van der Waals surface area contributed by atoms with E-state index in [4.69, 9.17) is 12.2 Å². The Labute approximate surface area is 156 Å². The minimum absolute atomic E-state index is 0.124. The van der Waals surface area contributed by atoms with Gasteiger partial charge in [0.1, 0.15) is 5.75 Å². The monoisotopic (exact) mass is 383 g/mol. The highest BCUT2D eigenvalue weighted by atomic mass is 32.1. The number of nitrogens with zero attached hydrogens (tertiary/aromatic N) is 1. The quantitative estimate of drug-likeness (QED) is 0.732. The van der Waals surface area contributed by atoms with Gasteiger partial charge in [-0.15, -0.1) is 13.2 Å². The van der Waals surface area contributed by atoms with Gasteiger partial charge in [0.2, 0.25) is 0 Å². The van der Waals surface area contributed by atoms with Crippen molar-refractivity contribution in [1.82, 2.24) is 10.2 Å². The SMILES string of the molecule is CN(C)[C@H](CNC(=S)Nc1ccc(OC(F)(F)F)cc1)c1ccccc1. The molecular formula is C18H20F3N3OS. The van der Waals surface area contributed by atoms with Crippen molar-refractivity contribution in [1.29, 1.82) is 0 Å². The highest BCUT2D eigenvalue weighted by molar-refractivity contribution is 7.80. The van der Waals surface area contributed by atoms with Crippen LogP contribution in [0.1, 0.15) is 11.6 Å². The maximum absolute atomic E-state index is 12.2. The minimum Gasteiger partial charge on any atom is -0.406 e. The number of benzene rings is 2. The Balaban J connectivity index is 1.89. The topological polar surface area (TPSA) is 36.5 Å². The molecule has 0 saturated heterocycles. The smallest absolute Gasteiger partial charge is 0.406 e. The maximum Gasteiger partial charge on any atom is 0.573 e. The molecule has 0 unspecified atom stereocenters. The largest absolute Gasteiger partial charge is 0.573 e. The van der Waals surface area contributed by atoms with Crippen LogP contribution in [0, 0.1) is 0 Å². The van der Waals surface area contributed by atoms with Crippen LogP contribution in [0.25, 0.3) is 0 Å². The predicted molar refractivity (Wildman–Crippen MR) is 100 cm³/mol. The molecule has 2 N–H and O–H groups in total. The highest BCUT2D eigenvalue weighted by Gasteiger charge is 2.30. The number of hydrogen-bond acceptors (Lipinski definition) is 3. The summed E-state index contributed by atoms with van der Waals surface area (Å²) >= 11 is 5.26. The van der Waals surface area contributed by atoms with Crippen LogP contribution in [0.15, 0.2) is 54.6 Å². The average Bonchev–Trinajstić information content (AvgIpc) is 2.56. The minimum atomic E-state index is -4.70. The van der Waals surface area contributed by atoms with E-state index in [2.05, 4.69) is 20.3 Å². The summed E-state index contributed by atoms with van der Waals surface area (Å²) in [5, 5.41) is 6.46. The number of likely N-dealkylation sites (N-methyl/N-ethyl adjacent to an activating group) is 1. The van der Waals surface area contributed by atoms with E-state index in [1.807, 2.05) is 44.4 Å². The zero-order valence-corrected chi connectivity index (χ0v) is 15.2. The van der Waals surface area contributed by atoms with Gasteiger partial charge in [-0.25, -0.2) is 0 Å². The third-order valence-electron chi connectivity index (χ3n) is 3.61. The van der Waals surface area contributed by atoms with Crippen LogP contribution in [-0.4, -0.2) is 37.0 Å². The molecule has 0 bridgehead atoms. The van der Waals surface area contributed by atoms with Crippen molar-refractivity contribution in [2.45, 2.75) is 12.4 Å². The molecule has 0 aliphatic rings. The third-order valence-corrected chi connectivity index (χ3v) is 3.86. The fourth-order valence-corrected chi connectivity index (χ4v) is 2.58. The van der Waals surface area contributed by atoms with E-state index in [-0.39, 0.29) is 11.8 Å². The van der Waals surface area contributed by atoms with Crippen LogP contribution >= 0.6 is 12.2 Å². The second-order valence-corrected chi connectivity index (χ2v) is 6.21. The lowest BCUT2D eigenvalue weighted by atomic mass is 10.1. The number of thiocarbonyl (C=S) groups is 1. The van der Waals surface area contributed by atoms with Crippen LogP contribution < -0.4 is 15.4 Å². The molecule has 0 amide bonds. The van der Waals surface area contributed by atoms with Crippen molar-refractivity contribution in [2.75, 3.05) is 26.0 Å². The van der Waals surface area contributed by atoms with E-state index < -0.39 is 6.36 Å².